The summed E-state index contributed by atoms with van der Waals surface area (Å²) in [6.45, 7) is 12.4. The maximum atomic E-state index is 11.6. The first-order chi connectivity index (χ1) is 14.5. The predicted molar refractivity (Wildman–Crippen MR) is 130 cm³/mol. The molecule has 0 aliphatic heterocycles. The Morgan fingerprint density at radius 3 is 2.43 bits per heavy atom. The molecule has 0 bridgehead atoms. The van der Waals surface area contributed by atoms with Crippen LogP contribution in [0.5, 0.6) is 0 Å². The van der Waals surface area contributed by atoms with Crippen LogP contribution in [0.1, 0.15) is 53.4 Å². The first-order valence-electron chi connectivity index (χ1n) is 10.9. The van der Waals surface area contributed by atoms with Crippen LogP contribution in [0.15, 0.2) is 0 Å². The maximum absolute atomic E-state index is 11.6. The second-order valence-electron chi connectivity index (χ2n) is 7.20. The van der Waals surface area contributed by atoms with Crippen LogP contribution in [0, 0.1) is 17.8 Å². The highest BCUT2D eigenvalue weighted by molar-refractivity contribution is 8.76. The molecule has 0 saturated heterocycles. The fourth-order valence-corrected chi connectivity index (χ4v) is 3.97. The van der Waals surface area contributed by atoms with Gasteiger partial charge in [0.15, 0.2) is 0 Å². The number of ether oxygens (including phenoxy) is 3. The van der Waals surface area contributed by atoms with Crippen LogP contribution in [-0.2, 0) is 19.0 Å². The summed E-state index contributed by atoms with van der Waals surface area (Å²) in [5.74, 6) is 6.21. The summed E-state index contributed by atoms with van der Waals surface area (Å²) in [5.41, 5.74) is 0.197. The molecule has 0 aromatic heterocycles. The van der Waals surface area contributed by atoms with E-state index in [1.54, 1.807) is 21.6 Å². The number of carbonyl (C=O) groups excluding carboxylic acids is 1. The second-order valence-corrected chi connectivity index (χ2v) is 9.83. The van der Waals surface area contributed by atoms with E-state index >= 15 is 0 Å². The Morgan fingerprint density at radius 1 is 1.07 bits per heavy atom. The smallest absolute Gasteiger partial charge is 0.223 e. The molecule has 0 radical (unpaired) electrons. The summed E-state index contributed by atoms with van der Waals surface area (Å²) in [7, 11) is 3.50. The van der Waals surface area contributed by atoms with Crippen LogP contribution < -0.4 is 10.6 Å². The van der Waals surface area contributed by atoms with E-state index in [2.05, 4.69) is 42.6 Å². The van der Waals surface area contributed by atoms with Gasteiger partial charge < -0.3 is 24.8 Å². The minimum atomic E-state index is -0.0425. The number of carbonyl (C=O) groups is 1. The normalized spacial score (nSPS) is 13.0. The topological polar surface area (TPSA) is 68.8 Å². The third-order valence-corrected chi connectivity index (χ3v) is 6.07. The van der Waals surface area contributed by atoms with Gasteiger partial charge in [-0.25, -0.2) is 0 Å². The molecule has 176 valence electrons. The zero-order valence-corrected chi connectivity index (χ0v) is 21.1. The molecule has 0 saturated carbocycles. The van der Waals surface area contributed by atoms with Crippen molar-refractivity contribution in [2.75, 3.05) is 52.4 Å². The van der Waals surface area contributed by atoms with Gasteiger partial charge in [-0.1, -0.05) is 54.2 Å². The quantitative estimate of drug-likeness (QED) is 0.131. The number of amides is 1. The molecule has 0 aliphatic carbocycles. The van der Waals surface area contributed by atoms with Crippen molar-refractivity contribution in [1.82, 2.24) is 10.6 Å². The number of rotatable bonds is 19. The molecule has 2 N–H and O–H groups in total. The van der Waals surface area contributed by atoms with Gasteiger partial charge in [0.1, 0.15) is 5.44 Å². The predicted octanol–water partition coefficient (Wildman–Crippen LogP) is 3.71. The minimum absolute atomic E-state index is 0.0425. The Hall–Kier alpha value is -0.430. The van der Waals surface area contributed by atoms with E-state index in [-0.39, 0.29) is 11.3 Å². The Labute approximate surface area is 192 Å². The van der Waals surface area contributed by atoms with Gasteiger partial charge in [0.05, 0.1) is 39.6 Å². The van der Waals surface area contributed by atoms with Crippen LogP contribution in [0.4, 0.5) is 0 Å². The molecule has 0 spiro atoms. The van der Waals surface area contributed by atoms with E-state index in [1.807, 2.05) is 13.8 Å². The lowest BCUT2D eigenvalue weighted by Crippen LogP contribution is -2.26. The van der Waals surface area contributed by atoms with Gasteiger partial charge in [-0.3, -0.25) is 4.79 Å². The van der Waals surface area contributed by atoms with Crippen molar-refractivity contribution < 1.29 is 19.0 Å². The average molecular weight is 463 g/mol. The van der Waals surface area contributed by atoms with Crippen LogP contribution in [0.3, 0.4) is 0 Å². The van der Waals surface area contributed by atoms with E-state index in [0.717, 1.165) is 25.8 Å². The monoisotopic (exact) mass is 462 g/mol. The van der Waals surface area contributed by atoms with Crippen LogP contribution >= 0.6 is 21.6 Å². The molecular weight excluding hydrogens is 420 g/mol. The zero-order valence-electron chi connectivity index (χ0n) is 19.5. The van der Waals surface area contributed by atoms with Gasteiger partial charge in [0.2, 0.25) is 5.91 Å². The highest BCUT2D eigenvalue weighted by atomic mass is 33.1. The molecule has 2 unspecified atom stereocenters. The van der Waals surface area contributed by atoms with Gasteiger partial charge in [-0.15, -0.1) is 0 Å². The van der Waals surface area contributed by atoms with Gasteiger partial charge in [0, 0.05) is 18.4 Å². The summed E-state index contributed by atoms with van der Waals surface area (Å²) in [4.78, 5) is 11.6. The molecule has 0 aromatic rings. The third kappa shape index (κ3) is 20.8. The fourth-order valence-electron chi connectivity index (χ4n) is 2.24. The van der Waals surface area contributed by atoms with Crippen molar-refractivity contribution in [2.24, 2.45) is 5.92 Å². The van der Waals surface area contributed by atoms with E-state index in [9.17, 15) is 4.79 Å². The molecule has 30 heavy (non-hydrogen) atoms. The van der Waals surface area contributed by atoms with Crippen molar-refractivity contribution in [1.29, 1.82) is 0 Å². The van der Waals surface area contributed by atoms with E-state index in [1.165, 1.54) is 0 Å². The van der Waals surface area contributed by atoms with Gasteiger partial charge in [0.25, 0.3) is 0 Å². The average Bonchev–Trinajstić information content (AvgIpc) is 2.72. The largest absolute Gasteiger partial charge is 0.379 e. The summed E-state index contributed by atoms with van der Waals surface area (Å²) in [6, 6.07) is 0.576. The highest BCUT2D eigenvalue weighted by Crippen LogP contribution is 2.27. The Bertz CT molecular complexity index is 470. The first kappa shape index (κ1) is 29.6. The Morgan fingerprint density at radius 2 is 1.77 bits per heavy atom. The lowest BCUT2D eigenvalue weighted by molar-refractivity contribution is -0.122. The molecular formula is C22H42N2O4S2. The second kappa shape index (κ2) is 21.8. The highest BCUT2D eigenvalue weighted by Gasteiger charge is 2.09. The lowest BCUT2D eigenvalue weighted by atomic mass is 10.2. The van der Waals surface area contributed by atoms with Crippen LogP contribution in [-0.4, -0.2) is 69.8 Å². The number of hydrogen-bond donors (Lipinski definition) is 2. The molecule has 0 heterocycles. The van der Waals surface area contributed by atoms with Crippen molar-refractivity contribution in [2.45, 2.75) is 64.9 Å². The fraction of sp³-hybridized carbons (Fsp3) is 0.864. The van der Waals surface area contributed by atoms with Gasteiger partial charge >= 0.3 is 0 Å². The summed E-state index contributed by atoms with van der Waals surface area (Å²) in [6.07, 6.45) is 5.71. The van der Waals surface area contributed by atoms with Gasteiger partial charge in [-0.2, -0.15) is 0 Å². The van der Waals surface area contributed by atoms with Crippen molar-refractivity contribution in [3.8, 4) is 11.8 Å². The summed E-state index contributed by atoms with van der Waals surface area (Å²) >= 11 is 0. The molecule has 0 rings (SSSR count). The minimum Gasteiger partial charge on any atom is -0.379 e. The molecule has 0 aliphatic rings. The van der Waals surface area contributed by atoms with Crippen molar-refractivity contribution in [3.63, 3.8) is 0 Å². The van der Waals surface area contributed by atoms with Crippen molar-refractivity contribution >= 4 is 27.5 Å². The number of hydrogen-bond acceptors (Lipinski definition) is 7. The molecule has 2 atom stereocenters. The van der Waals surface area contributed by atoms with E-state index < -0.39 is 0 Å². The van der Waals surface area contributed by atoms with Crippen molar-refractivity contribution in [3.05, 3.63) is 0 Å². The molecule has 1 amide bonds. The maximum Gasteiger partial charge on any atom is 0.223 e. The van der Waals surface area contributed by atoms with Crippen LogP contribution in [0.25, 0.3) is 0 Å². The Balaban J connectivity index is 3.56. The molecule has 8 heteroatoms. The molecule has 0 fully saturated rings. The lowest BCUT2D eigenvalue weighted by Gasteiger charge is -2.17. The zero-order chi connectivity index (χ0) is 22.5. The van der Waals surface area contributed by atoms with Crippen LogP contribution in [0.2, 0.25) is 0 Å². The van der Waals surface area contributed by atoms with Gasteiger partial charge in [-0.05, 0) is 39.0 Å². The summed E-state index contributed by atoms with van der Waals surface area (Å²) < 4.78 is 16.9. The SMILES string of the molecule is CCC(C)NCCCC(OCCOCCOCCC(=O)NCC#CC(C)C)SSC. The summed E-state index contributed by atoms with van der Waals surface area (Å²) in [5, 5.41) is 6.27. The third-order valence-electron chi connectivity index (χ3n) is 4.07. The first-order valence-corrected chi connectivity index (χ1v) is 13.6. The standard InChI is InChI=1S/C22H42N2O4S2/c1-6-20(4)23-12-8-10-22(30-29-5)28-18-17-27-16-15-26-14-11-21(25)24-13-7-9-19(2)3/h19-20,22-23H,6,8,10-18H2,1-5H3,(H,24,25). The van der Waals surface area contributed by atoms with E-state index in [4.69, 9.17) is 14.2 Å². The number of nitrogens with one attached hydrogen (secondary N) is 2. The molecule has 0 aromatic carbocycles. The molecule has 6 nitrogen and oxygen atoms in total. The Kier molecular flexibility index (Phi) is 21.5. The van der Waals surface area contributed by atoms with E-state index in [0.29, 0.717) is 58.0 Å².